The van der Waals surface area contributed by atoms with Crippen molar-refractivity contribution in [3.8, 4) is 16.9 Å². The van der Waals surface area contributed by atoms with Crippen LogP contribution in [0.15, 0.2) is 54.9 Å². The number of hydrogen-bond donors (Lipinski definition) is 2. The fourth-order valence-corrected chi connectivity index (χ4v) is 3.29. The van der Waals surface area contributed by atoms with Crippen molar-refractivity contribution < 1.29 is 13.9 Å². The van der Waals surface area contributed by atoms with Gasteiger partial charge in [-0.05, 0) is 36.2 Å². The molecule has 27 heavy (non-hydrogen) atoms. The van der Waals surface area contributed by atoms with Gasteiger partial charge in [-0.2, -0.15) is 5.10 Å². The van der Waals surface area contributed by atoms with E-state index >= 15 is 0 Å². The Hall–Kier alpha value is -3.35. The summed E-state index contributed by atoms with van der Waals surface area (Å²) < 4.78 is 18.8. The Labute approximate surface area is 156 Å². The molecule has 0 spiro atoms. The highest BCUT2D eigenvalue weighted by Crippen LogP contribution is 2.30. The number of carbonyl (C=O) groups is 1. The number of ether oxygens (including phenoxy) is 1. The highest BCUT2D eigenvalue weighted by molar-refractivity contribution is 6.01. The van der Waals surface area contributed by atoms with E-state index in [9.17, 15) is 9.18 Å². The number of nitrogens with one attached hydrogen (secondary N) is 2. The van der Waals surface area contributed by atoms with Gasteiger partial charge in [0.1, 0.15) is 17.6 Å². The number of aromatic amines is 1. The van der Waals surface area contributed by atoms with Crippen molar-refractivity contribution in [3.63, 3.8) is 0 Å². The van der Waals surface area contributed by atoms with Crippen LogP contribution in [0, 0.1) is 5.82 Å². The normalized spacial score (nSPS) is 16.6. The van der Waals surface area contributed by atoms with Gasteiger partial charge in [0.25, 0.3) is 0 Å². The summed E-state index contributed by atoms with van der Waals surface area (Å²) in [5.41, 5.74) is 3.33. The van der Waals surface area contributed by atoms with Gasteiger partial charge in [-0.1, -0.05) is 12.1 Å². The molecule has 2 heterocycles. The highest BCUT2D eigenvalue weighted by atomic mass is 19.1. The molecule has 2 aromatic carbocycles. The molecular weight excluding hydrogens is 347 g/mol. The lowest BCUT2D eigenvalue weighted by Gasteiger charge is -2.19. The molecule has 1 aliphatic rings. The first-order valence-electron chi connectivity index (χ1n) is 8.66. The molecule has 138 valence electrons. The number of hydrogen-bond acceptors (Lipinski definition) is 4. The zero-order chi connectivity index (χ0) is 18.8. The van der Waals surface area contributed by atoms with E-state index in [2.05, 4.69) is 15.5 Å². The molecule has 7 heteroatoms. The first-order chi connectivity index (χ1) is 13.2. The third-order valence-corrected chi connectivity index (χ3v) is 4.71. The van der Waals surface area contributed by atoms with Crippen LogP contribution in [-0.4, -0.2) is 35.8 Å². The van der Waals surface area contributed by atoms with Crippen LogP contribution in [0.2, 0.25) is 0 Å². The highest BCUT2D eigenvalue weighted by Gasteiger charge is 2.33. The van der Waals surface area contributed by atoms with Gasteiger partial charge in [0.05, 0.1) is 19.0 Å². The van der Waals surface area contributed by atoms with Crippen molar-refractivity contribution in [3.05, 3.63) is 60.7 Å². The van der Waals surface area contributed by atoms with Gasteiger partial charge in [-0.3, -0.25) is 9.89 Å². The van der Waals surface area contributed by atoms with Crippen molar-refractivity contribution in [2.45, 2.75) is 12.5 Å². The van der Waals surface area contributed by atoms with E-state index in [-0.39, 0.29) is 11.7 Å². The second kappa shape index (κ2) is 7.11. The predicted octanol–water partition coefficient (Wildman–Crippen LogP) is 3.44. The molecule has 1 unspecified atom stereocenters. The molecular formula is C20H19FN4O2. The molecule has 0 radical (unpaired) electrons. The van der Waals surface area contributed by atoms with Gasteiger partial charge >= 0.3 is 0 Å². The zero-order valence-corrected chi connectivity index (χ0v) is 14.8. The van der Waals surface area contributed by atoms with Gasteiger partial charge in [0, 0.05) is 30.1 Å². The molecule has 1 amide bonds. The molecule has 1 fully saturated rings. The first-order valence-corrected chi connectivity index (χ1v) is 8.66. The van der Waals surface area contributed by atoms with Crippen molar-refractivity contribution in [2.24, 2.45) is 0 Å². The number of benzene rings is 2. The Bertz CT molecular complexity index is 941. The number of aromatic nitrogens is 2. The lowest BCUT2D eigenvalue weighted by Crippen LogP contribution is -2.33. The summed E-state index contributed by atoms with van der Waals surface area (Å²) in [7, 11) is 1.52. The maximum Gasteiger partial charge on any atom is 0.249 e. The van der Waals surface area contributed by atoms with Crippen LogP contribution >= 0.6 is 0 Å². The van der Waals surface area contributed by atoms with E-state index < -0.39 is 6.04 Å². The Morgan fingerprint density at radius 2 is 2.04 bits per heavy atom. The molecule has 0 bridgehead atoms. The minimum atomic E-state index is -0.422. The summed E-state index contributed by atoms with van der Waals surface area (Å²) in [5, 5.41) is 9.85. The van der Waals surface area contributed by atoms with Crippen LogP contribution in [0.4, 0.5) is 15.8 Å². The van der Waals surface area contributed by atoms with Crippen LogP contribution in [-0.2, 0) is 4.79 Å². The van der Waals surface area contributed by atoms with E-state index in [0.717, 1.165) is 16.8 Å². The lowest BCUT2D eigenvalue weighted by atomic mass is 10.1. The second-order valence-corrected chi connectivity index (χ2v) is 6.35. The molecule has 2 N–H and O–H groups in total. The number of halogens is 1. The quantitative estimate of drug-likeness (QED) is 0.726. The maximum absolute atomic E-state index is 13.6. The van der Waals surface area contributed by atoms with E-state index in [1.54, 1.807) is 17.2 Å². The topological polar surface area (TPSA) is 70.2 Å². The number of methoxy groups -OCH3 is 1. The predicted molar refractivity (Wildman–Crippen MR) is 101 cm³/mol. The standard InChI is InChI=1S/C20H19FN4O2/c1-27-19-7-4-15(21)10-18(19)24-17-8-9-25(20(17)26)16-5-2-13(3-6-16)14-11-22-23-12-14/h2-7,10-12,17,24H,8-9H2,1H3,(H,22,23). The fraction of sp³-hybridized carbons (Fsp3) is 0.200. The van der Waals surface area contributed by atoms with Crippen LogP contribution < -0.4 is 15.0 Å². The molecule has 1 aromatic heterocycles. The first kappa shape index (κ1) is 17.1. The Kier molecular flexibility index (Phi) is 4.50. The molecule has 1 aliphatic heterocycles. The summed E-state index contributed by atoms with van der Waals surface area (Å²) in [6, 6.07) is 11.6. The number of carbonyl (C=O) groups excluding carboxylic acids is 1. The molecule has 6 nitrogen and oxygen atoms in total. The van der Waals surface area contributed by atoms with Gasteiger partial charge in [-0.15, -0.1) is 0 Å². The lowest BCUT2D eigenvalue weighted by molar-refractivity contribution is -0.117. The largest absolute Gasteiger partial charge is 0.495 e. The summed E-state index contributed by atoms with van der Waals surface area (Å²) in [6.45, 7) is 0.596. The van der Waals surface area contributed by atoms with Crippen LogP contribution in [0.25, 0.3) is 11.1 Å². The van der Waals surface area contributed by atoms with E-state index in [1.165, 1.54) is 19.2 Å². The molecule has 4 rings (SSSR count). The van der Waals surface area contributed by atoms with E-state index in [0.29, 0.717) is 24.4 Å². The minimum absolute atomic E-state index is 0.0441. The van der Waals surface area contributed by atoms with Gasteiger partial charge in [-0.25, -0.2) is 4.39 Å². The maximum atomic E-state index is 13.6. The Balaban J connectivity index is 1.50. The summed E-state index contributed by atoms with van der Waals surface area (Å²) in [6.07, 6.45) is 4.20. The fourth-order valence-electron chi connectivity index (χ4n) is 3.29. The number of rotatable bonds is 5. The average molecular weight is 366 g/mol. The van der Waals surface area contributed by atoms with E-state index in [1.807, 2.05) is 30.5 Å². The summed E-state index contributed by atoms with van der Waals surface area (Å²) in [4.78, 5) is 14.6. The van der Waals surface area contributed by atoms with Crippen molar-refractivity contribution in [1.29, 1.82) is 0 Å². The number of anilines is 2. The third kappa shape index (κ3) is 3.36. The zero-order valence-electron chi connectivity index (χ0n) is 14.8. The Morgan fingerprint density at radius 3 is 2.74 bits per heavy atom. The molecule has 3 aromatic rings. The average Bonchev–Trinajstić information content (AvgIpc) is 3.33. The SMILES string of the molecule is COc1ccc(F)cc1NC1CCN(c2ccc(-c3cn[nH]c3)cc2)C1=O. The van der Waals surface area contributed by atoms with Gasteiger partial charge < -0.3 is 15.0 Å². The van der Waals surface area contributed by atoms with Crippen LogP contribution in [0.1, 0.15) is 6.42 Å². The molecule has 1 saturated heterocycles. The monoisotopic (exact) mass is 366 g/mol. The number of nitrogens with zero attached hydrogens (tertiary/aromatic N) is 2. The van der Waals surface area contributed by atoms with Crippen LogP contribution in [0.5, 0.6) is 5.75 Å². The molecule has 0 aliphatic carbocycles. The number of amides is 1. The van der Waals surface area contributed by atoms with Gasteiger partial charge in [0.2, 0.25) is 5.91 Å². The second-order valence-electron chi connectivity index (χ2n) is 6.35. The minimum Gasteiger partial charge on any atom is -0.495 e. The summed E-state index contributed by atoms with van der Waals surface area (Å²) in [5.74, 6) is 0.0833. The van der Waals surface area contributed by atoms with Crippen LogP contribution in [0.3, 0.4) is 0 Å². The van der Waals surface area contributed by atoms with E-state index in [4.69, 9.17) is 4.74 Å². The smallest absolute Gasteiger partial charge is 0.249 e. The molecule has 1 atom stereocenters. The number of H-pyrrole nitrogens is 1. The Morgan fingerprint density at radius 1 is 1.22 bits per heavy atom. The third-order valence-electron chi connectivity index (χ3n) is 4.71. The molecule has 0 saturated carbocycles. The van der Waals surface area contributed by atoms with Crippen molar-refractivity contribution in [1.82, 2.24) is 10.2 Å². The van der Waals surface area contributed by atoms with Crippen molar-refractivity contribution >= 4 is 17.3 Å². The van der Waals surface area contributed by atoms with Gasteiger partial charge in [0.15, 0.2) is 0 Å². The summed E-state index contributed by atoms with van der Waals surface area (Å²) >= 11 is 0. The van der Waals surface area contributed by atoms with Crippen molar-refractivity contribution in [2.75, 3.05) is 23.9 Å².